The van der Waals surface area contributed by atoms with Crippen LogP contribution in [0.25, 0.3) is 10.9 Å². The Balaban J connectivity index is 1.83. The van der Waals surface area contributed by atoms with E-state index in [-0.39, 0.29) is 6.10 Å². The maximum atomic E-state index is 10.4. The second kappa shape index (κ2) is 5.17. The highest BCUT2D eigenvalue weighted by Crippen LogP contribution is 2.26. The number of para-hydroxylation sites is 1. The number of allylic oxidation sites excluding steroid dienone is 2. The van der Waals surface area contributed by atoms with Crippen LogP contribution in [0.1, 0.15) is 25.0 Å². The molecule has 0 saturated heterocycles. The van der Waals surface area contributed by atoms with Crippen LogP contribution >= 0.6 is 0 Å². The molecular weight excluding hydrogens is 236 g/mol. The molecule has 2 unspecified atom stereocenters. The fraction of sp³-hybridized carbons (Fsp3) is 0.438. The molecule has 1 aliphatic rings. The SMILES string of the molecule is Cn1nc(CC(O)C2CC=CCC2)c2ccccc21. The van der Waals surface area contributed by atoms with Crippen molar-refractivity contribution in [2.75, 3.05) is 0 Å². The molecule has 0 bridgehead atoms. The van der Waals surface area contributed by atoms with E-state index in [0.717, 1.165) is 35.9 Å². The van der Waals surface area contributed by atoms with Gasteiger partial charge in [0.15, 0.2) is 0 Å². The molecule has 1 heterocycles. The van der Waals surface area contributed by atoms with Crippen molar-refractivity contribution in [2.24, 2.45) is 13.0 Å². The summed E-state index contributed by atoms with van der Waals surface area (Å²) in [7, 11) is 1.96. The molecule has 1 N–H and O–H groups in total. The van der Waals surface area contributed by atoms with E-state index >= 15 is 0 Å². The lowest BCUT2D eigenvalue weighted by molar-refractivity contribution is 0.101. The molecule has 19 heavy (non-hydrogen) atoms. The van der Waals surface area contributed by atoms with E-state index in [1.165, 1.54) is 0 Å². The number of fused-ring (bicyclic) bond motifs is 1. The van der Waals surface area contributed by atoms with Crippen molar-refractivity contribution in [3.05, 3.63) is 42.1 Å². The van der Waals surface area contributed by atoms with Gasteiger partial charge in [-0.25, -0.2) is 0 Å². The van der Waals surface area contributed by atoms with Crippen LogP contribution in [0.3, 0.4) is 0 Å². The predicted molar refractivity (Wildman–Crippen MR) is 76.9 cm³/mol. The van der Waals surface area contributed by atoms with Crippen LogP contribution in [0.4, 0.5) is 0 Å². The Morgan fingerprint density at radius 3 is 3.00 bits per heavy atom. The molecule has 100 valence electrons. The van der Waals surface area contributed by atoms with Crippen molar-refractivity contribution in [2.45, 2.75) is 31.8 Å². The summed E-state index contributed by atoms with van der Waals surface area (Å²) in [5.41, 5.74) is 2.15. The van der Waals surface area contributed by atoms with E-state index < -0.39 is 0 Å². The number of rotatable bonds is 3. The minimum absolute atomic E-state index is 0.289. The zero-order valence-corrected chi connectivity index (χ0v) is 11.3. The highest BCUT2D eigenvalue weighted by molar-refractivity contribution is 5.81. The molecule has 0 spiro atoms. The fourth-order valence-corrected chi connectivity index (χ4v) is 2.97. The summed E-state index contributed by atoms with van der Waals surface area (Å²) < 4.78 is 1.90. The third-order valence-corrected chi connectivity index (χ3v) is 4.09. The van der Waals surface area contributed by atoms with E-state index in [4.69, 9.17) is 0 Å². The summed E-state index contributed by atoms with van der Waals surface area (Å²) in [6.45, 7) is 0. The standard InChI is InChI=1S/C16H20N2O/c1-18-15-10-6-5-9-13(15)14(17-18)11-16(19)12-7-3-2-4-8-12/h2-3,5-6,9-10,12,16,19H,4,7-8,11H2,1H3. The third kappa shape index (κ3) is 2.43. The van der Waals surface area contributed by atoms with Crippen molar-refractivity contribution in [3.8, 4) is 0 Å². The van der Waals surface area contributed by atoms with E-state index in [2.05, 4.69) is 29.4 Å². The summed E-state index contributed by atoms with van der Waals surface area (Å²) in [5, 5.41) is 16.1. The lowest BCUT2D eigenvalue weighted by atomic mass is 9.87. The van der Waals surface area contributed by atoms with Gasteiger partial charge in [0, 0.05) is 18.9 Å². The molecule has 2 aromatic rings. The first kappa shape index (κ1) is 12.4. The smallest absolute Gasteiger partial charge is 0.0729 e. The van der Waals surface area contributed by atoms with Gasteiger partial charge in [0.1, 0.15) is 0 Å². The van der Waals surface area contributed by atoms with Crippen LogP contribution in [0.15, 0.2) is 36.4 Å². The van der Waals surface area contributed by atoms with Gasteiger partial charge in [0.2, 0.25) is 0 Å². The second-order valence-electron chi connectivity index (χ2n) is 5.40. The number of nitrogens with zero attached hydrogens (tertiary/aromatic N) is 2. The topological polar surface area (TPSA) is 38.0 Å². The molecule has 1 aromatic heterocycles. The molecule has 3 heteroatoms. The minimum atomic E-state index is -0.289. The lowest BCUT2D eigenvalue weighted by Gasteiger charge is -2.23. The van der Waals surface area contributed by atoms with Gasteiger partial charge in [-0.2, -0.15) is 5.10 Å². The normalized spacial score (nSPS) is 20.8. The van der Waals surface area contributed by atoms with Crippen molar-refractivity contribution < 1.29 is 5.11 Å². The van der Waals surface area contributed by atoms with Crippen LogP contribution in [-0.2, 0) is 13.5 Å². The first-order valence-electron chi connectivity index (χ1n) is 6.99. The van der Waals surface area contributed by atoms with Gasteiger partial charge in [-0.3, -0.25) is 4.68 Å². The maximum Gasteiger partial charge on any atom is 0.0729 e. The van der Waals surface area contributed by atoms with Crippen LogP contribution in [0.2, 0.25) is 0 Å². The van der Waals surface area contributed by atoms with Crippen LogP contribution < -0.4 is 0 Å². The van der Waals surface area contributed by atoms with Crippen molar-refractivity contribution >= 4 is 10.9 Å². The van der Waals surface area contributed by atoms with Gasteiger partial charge in [-0.1, -0.05) is 30.4 Å². The van der Waals surface area contributed by atoms with Gasteiger partial charge in [0.05, 0.1) is 17.3 Å². The number of benzene rings is 1. The lowest BCUT2D eigenvalue weighted by Crippen LogP contribution is -2.24. The first-order chi connectivity index (χ1) is 9.25. The predicted octanol–water partition coefficient (Wildman–Crippen LogP) is 2.83. The number of aromatic nitrogens is 2. The summed E-state index contributed by atoms with van der Waals surface area (Å²) in [4.78, 5) is 0. The molecule has 1 aliphatic carbocycles. The molecule has 3 nitrogen and oxygen atoms in total. The van der Waals surface area contributed by atoms with Gasteiger partial charge < -0.3 is 5.11 Å². The number of hydrogen-bond donors (Lipinski definition) is 1. The Kier molecular flexibility index (Phi) is 3.38. The summed E-state index contributed by atoms with van der Waals surface area (Å²) in [5.74, 6) is 0.380. The molecule has 0 fully saturated rings. The van der Waals surface area contributed by atoms with E-state index in [0.29, 0.717) is 12.3 Å². The molecule has 1 aromatic carbocycles. The number of aliphatic hydroxyl groups is 1. The molecular formula is C16H20N2O. The zero-order chi connectivity index (χ0) is 13.2. The maximum absolute atomic E-state index is 10.4. The largest absolute Gasteiger partial charge is 0.392 e. The van der Waals surface area contributed by atoms with Crippen molar-refractivity contribution in [1.29, 1.82) is 0 Å². The van der Waals surface area contributed by atoms with Gasteiger partial charge in [0.25, 0.3) is 0 Å². The highest BCUT2D eigenvalue weighted by Gasteiger charge is 2.22. The van der Waals surface area contributed by atoms with Crippen molar-refractivity contribution in [1.82, 2.24) is 9.78 Å². The Bertz CT molecular complexity index is 600. The number of aliphatic hydroxyl groups excluding tert-OH is 1. The van der Waals surface area contributed by atoms with Crippen molar-refractivity contribution in [3.63, 3.8) is 0 Å². The Morgan fingerprint density at radius 1 is 1.37 bits per heavy atom. The molecule has 0 aliphatic heterocycles. The average molecular weight is 256 g/mol. The molecule has 3 rings (SSSR count). The van der Waals surface area contributed by atoms with Crippen LogP contribution in [-0.4, -0.2) is 21.0 Å². The monoisotopic (exact) mass is 256 g/mol. The van der Waals surface area contributed by atoms with E-state index in [1.54, 1.807) is 0 Å². The fourth-order valence-electron chi connectivity index (χ4n) is 2.97. The Hall–Kier alpha value is -1.61. The summed E-state index contributed by atoms with van der Waals surface area (Å²) >= 11 is 0. The van der Waals surface area contributed by atoms with E-state index in [9.17, 15) is 5.11 Å². The molecule has 0 saturated carbocycles. The Morgan fingerprint density at radius 2 is 2.21 bits per heavy atom. The summed E-state index contributed by atoms with van der Waals surface area (Å²) in [6.07, 6.45) is 7.93. The van der Waals surface area contributed by atoms with E-state index in [1.807, 2.05) is 23.9 Å². The average Bonchev–Trinajstić information content (AvgIpc) is 2.77. The number of hydrogen-bond acceptors (Lipinski definition) is 2. The molecule has 2 atom stereocenters. The summed E-state index contributed by atoms with van der Waals surface area (Å²) in [6, 6.07) is 8.21. The second-order valence-corrected chi connectivity index (χ2v) is 5.40. The highest BCUT2D eigenvalue weighted by atomic mass is 16.3. The first-order valence-corrected chi connectivity index (χ1v) is 6.99. The van der Waals surface area contributed by atoms with Gasteiger partial charge >= 0.3 is 0 Å². The zero-order valence-electron chi connectivity index (χ0n) is 11.3. The quantitative estimate of drug-likeness (QED) is 0.858. The van der Waals surface area contributed by atoms with Crippen LogP contribution in [0.5, 0.6) is 0 Å². The molecule has 0 amide bonds. The molecule has 0 radical (unpaired) electrons. The third-order valence-electron chi connectivity index (χ3n) is 4.09. The van der Waals surface area contributed by atoms with Crippen LogP contribution in [0, 0.1) is 5.92 Å². The minimum Gasteiger partial charge on any atom is -0.392 e. The Labute approximate surface area is 113 Å². The number of aryl methyl sites for hydroxylation is 1. The van der Waals surface area contributed by atoms with Gasteiger partial charge in [-0.05, 0) is 31.2 Å². The van der Waals surface area contributed by atoms with Gasteiger partial charge in [-0.15, -0.1) is 0 Å².